The van der Waals surface area contributed by atoms with Crippen LogP contribution >= 0.6 is 0 Å². The molecule has 0 saturated heterocycles. The zero-order valence-electron chi connectivity index (χ0n) is 11.1. The van der Waals surface area contributed by atoms with Gasteiger partial charge < -0.3 is 0 Å². The zero-order chi connectivity index (χ0) is 13.2. The van der Waals surface area contributed by atoms with Crippen LogP contribution in [0.25, 0.3) is 11.1 Å². The Bertz CT molecular complexity index is 583. The lowest BCUT2D eigenvalue weighted by Gasteiger charge is -2.20. The molecule has 0 saturated carbocycles. The van der Waals surface area contributed by atoms with Gasteiger partial charge in [0.05, 0.1) is 11.6 Å². The summed E-state index contributed by atoms with van der Waals surface area (Å²) in [5.74, 6) is 0. The number of hydrogen-bond acceptors (Lipinski definition) is 1. The fourth-order valence-electron chi connectivity index (χ4n) is 1.96. The Morgan fingerprint density at radius 1 is 0.944 bits per heavy atom. The van der Waals surface area contributed by atoms with Crippen molar-refractivity contribution in [3.8, 4) is 17.2 Å². The molecule has 2 rings (SSSR count). The third kappa shape index (κ3) is 2.43. The highest BCUT2D eigenvalue weighted by Crippen LogP contribution is 2.30. The summed E-state index contributed by atoms with van der Waals surface area (Å²) < 4.78 is 0. The lowest BCUT2D eigenvalue weighted by Crippen LogP contribution is -2.11. The Labute approximate surface area is 109 Å². The minimum absolute atomic E-state index is 0.0948. The summed E-state index contributed by atoms with van der Waals surface area (Å²) >= 11 is 0. The largest absolute Gasteiger partial charge is 0.192 e. The lowest BCUT2D eigenvalue weighted by molar-refractivity contribution is 0.590. The van der Waals surface area contributed by atoms with Crippen LogP contribution in [0.4, 0.5) is 0 Å². The summed E-state index contributed by atoms with van der Waals surface area (Å²) in [6.07, 6.45) is 0. The van der Waals surface area contributed by atoms with Crippen molar-refractivity contribution in [3.05, 3.63) is 59.7 Å². The first-order chi connectivity index (χ1) is 8.52. The van der Waals surface area contributed by atoms with Crippen LogP contribution in [-0.2, 0) is 5.41 Å². The Balaban J connectivity index is 2.62. The van der Waals surface area contributed by atoms with E-state index in [-0.39, 0.29) is 5.41 Å². The van der Waals surface area contributed by atoms with E-state index < -0.39 is 0 Å². The van der Waals surface area contributed by atoms with E-state index in [0.717, 1.165) is 16.7 Å². The van der Waals surface area contributed by atoms with Crippen LogP contribution in [0, 0.1) is 11.3 Å². The van der Waals surface area contributed by atoms with E-state index in [1.807, 2.05) is 42.5 Å². The van der Waals surface area contributed by atoms with Crippen LogP contribution in [0.2, 0.25) is 0 Å². The van der Waals surface area contributed by atoms with E-state index in [2.05, 4.69) is 32.9 Å². The van der Waals surface area contributed by atoms with Crippen LogP contribution in [0.1, 0.15) is 31.9 Å². The fourth-order valence-corrected chi connectivity index (χ4v) is 1.96. The molecule has 2 aromatic carbocycles. The molecule has 0 bridgehead atoms. The summed E-state index contributed by atoms with van der Waals surface area (Å²) in [6, 6.07) is 18.4. The Morgan fingerprint density at radius 3 is 2.17 bits per heavy atom. The van der Waals surface area contributed by atoms with E-state index in [4.69, 9.17) is 0 Å². The predicted octanol–water partition coefficient (Wildman–Crippen LogP) is 4.52. The van der Waals surface area contributed by atoms with Gasteiger partial charge in [0, 0.05) is 0 Å². The first kappa shape index (κ1) is 12.4. The summed E-state index contributed by atoms with van der Waals surface area (Å²) in [7, 11) is 0. The number of nitriles is 1. The molecule has 0 heterocycles. The summed E-state index contributed by atoms with van der Waals surface area (Å²) in [4.78, 5) is 0. The van der Waals surface area contributed by atoms with Crippen LogP contribution in [-0.4, -0.2) is 0 Å². The van der Waals surface area contributed by atoms with Gasteiger partial charge in [-0.3, -0.25) is 0 Å². The van der Waals surface area contributed by atoms with Gasteiger partial charge in [0.15, 0.2) is 0 Å². The van der Waals surface area contributed by atoms with Gasteiger partial charge in [0.2, 0.25) is 0 Å². The van der Waals surface area contributed by atoms with Crippen LogP contribution < -0.4 is 0 Å². The molecule has 0 spiro atoms. The van der Waals surface area contributed by atoms with Crippen molar-refractivity contribution >= 4 is 0 Å². The topological polar surface area (TPSA) is 23.8 Å². The van der Waals surface area contributed by atoms with Gasteiger partial charge in [-0.25, -0.2) is 0 Å². The predicted molar refractivity (Wildman–Crippen MR) is 75.3 cm³/mol. The summed E-state index contributed by atoms with van der Waals surface area (Å²) in [5.41, 5.74) is 4.19. The Hall–Kier alpha value is -2.07. The molecule has 1 nitrogen and oxygen atoms in total. The molecule has 0 aliphatic heterocycles. The van der Waals surface area contributed by atoms with Gasteiger partial charge in [-0.15, -0.1) is 0 Å². The Morgan fingerprint density at radius 2 is 1.61 bits per heavy atom. The van der Waals surface area contributed by atoms with Gasteiger partial charge >= 0.3 is 0 Å². The third-order valence-electron chi connectivity index (χ3n) is 3.09. The van der Waals surface area contributed by atoms with Crippen molar-refractivity contribution < 1.29 is 0 Å². The van der Waals surface area contributed by atoms with Crippen molar-refractivity contribution in [1.29, 1.82) is 5.26 Å². The number of hydrogen-bond donors (Lipinski definition) is 0. The second kappa shape index (κ2) is 4.66. The molecule has 0 radical (unpaired) electrons. The first-order valence-corrected chi connectivity index (χ1v) is 6.12. The van der Waals surface area contributed by atoms with E-state index in [9.17, 15) is 5.26 Å². The molecule has 0 fully saturated rings. The van der Waals surface area contributed by atoms with Crippen molar-refractivity contribution in [2.45, 2.75) is 26.2 Å². The molecule has 0 aromatic heterocycles. The van der Waals surface area contributed by atoms with E-state index in [1.54, 1.807) is 0 Å². The fraction of sp³-hybridized carbons (Fsp3) is 0.235. The molecule has 1 heteroatoms. The third-order valence-corrected chi connectivity index (χ3v) is 3.09. The van der Waals surface area contributed by atoms with E-state index >= 15 is 0 Å². The maximum Gasteiger partial charge on any atom is 0.0998 e. The molecule has 90 valence electrons. The zero-order valence-corrected chi connectivity index (χ0v) is 11.1. The SMILES string of the molecule is CC(C)(C)c1ccc(C#N)c(-c2ccccc2)c1. The monoisotopic (exact) mass is 235 g/mol. The van der Waals surface area contributed by atoms with Gasteiger partial charge in [-0.05, 0) is 34.2 Å². The molecule has 0 atom stereocenters. The first-order valence-electron chi connectivity index (χ1n) is 6.12. The number of rotatable bonds is 1. The Kier molecular flexibility index (Phi) is 3.21. The van der Waals surface area contributed by atoms with Crippen molar-refractivity contribution in [3.63, 3.8) is 0 Å². The van der Waals surface area contributed by atoms with Gasteiger partial charge in [0.1, 0.15) is 0 Å². The van der Waals surface area contributed by atoms with Crippen molar-refractivity contribution in [1.82, 2.24) is 0 Å². The normalized spacial score (nSPS) is 11.0. The summed E-state index contributed by atoms with van der Waals surface area (Å²) in [6.45, 7) is 6.55. The molecule has 0 aliphatic rings. The second-order valence-corrected chi connectivity index (χ2v) is 5.49. The maximum absolute atomic E-state index is 9.22. The van der Waals surface area contributed by atoms with Gasteiger partial charge in [-0.2, -0.15) is 5.26 Å². The van der Waals surface area contributed by atoms with Crippen molar-refractivity contribution in [2.24, 2.45) is 0 Å². The number of nitrogens with zero attached hydrogens (tertiary/aromatic N) is 1. The quantitative estimate of drug-likeness (QED) is 0.712. The highest BCUT2D eigenvalue weighted by molar-refractivity contribution is 5.71. The molecule has 18 heavy (non-hydrogen) atoms. The molecule has 0 aliphatic carbocycles. The highest BCUT2D eigenvalue weighted by atomic mass is 14.3. The molecular weight excluding hydrogens is 218 g/mol. The van der Waals surface area contributed by atoms with Crippen LogP contribution in [0.3, 0.4) is 0 Å². The van der Waals surface area contributed by atoms with E-state index in [0.29, 0.717) is 0 Å². The molecule has 0 amide bonds. The molecule has 0 N–H and O–H groups in total. The molecule has 2 aromatic rings. The minimum atomic E-state index is 0.0948. The average Bonchev–Trinajstić information content (AvgIpc) is 2.38. The minimum Gasteiger partial charge on any atom is -0.192 e. The standard InChI is InChI=1S/C17H17N/c1-17(2,3)15-10-9-14(12-18)16(11-15)13-7-5-4-6-8-13/h4-11H,1-3H3. The lowest BCUT2D eigenvalue weighted by atomic mass is 9.84. The van der Waals surface area contributed by atoms with Crippen LogP contribution in [0.15, 0.2) is 48.5 Å². The van der Waals surface area contributed by atoms with Crippen LogP contribution in [0.5, 0.6) is 0 Å². The average molecular weight is 235 g/mol. The van der Waals surface area contributed by atoms with E-state index in [1.165, 1.54) is 5.56 Å². The smallest absolute Gasteiger partial charge is 0.0998 e. The highest BCUT2D eigenvalue weighted by Gasteiger charge is 2.16. The van der Waals surface area contributed by atoms with Gasteiger partial charge in [0.25, 0.3) is 0 Å². The molecular formula is C17H17N. The summed E-state index contributed by atoms with van der Waals surface area (Å²) in [5, 5.41) is 9.22. The number of benzene rings is 2. The molecule has 0 unspecified atom stereocenters. The maximum atomic E-state index is 9.22. The van der Waals surface area contributed by atoms with Gasteiger partial charge in [-0.1, -0.05) is 57.2 Å². The van der Waals surface area contributed by atoms with Crippen molar-refractivity contribution in [2.75, 3.05) is 0 Å². The second-order valence-electron chi connectivity index (χ2n) is 5.49.